The van der Waals surface area contributed by atoms with E-state index >= 15 is 0 Å². The zero-order chi connectivity index (χ0) is 13.4. The van der Waals surface area contributed by atoms with Crippen LogP contribution in [0.15, 0.2) is 12.7 Å². The molecule has 3 aromatic heterocycles. The van der Waals surface area contributed by atoms with Crippen molar-refractivity contribution in [1.29, 1.82) is 0 Å². The molecular weight excluding hydrogens is 248 g/mol. The van der Waals surface area contributed by atoms with Gasteiger partial charge in [-0.25, -0.2) is 9.97 Å². The van der Waals surface area contributed by atoms with Crippen molar-refractivity contribution in [2.24, 2.45) is 0 Å². The Morgan fingerprint density at radius 1 is 1.05 bits per heavy atom. The number of hydrogen-bond donors (Lipinski definition) is 1. The summed E-state index contributed by atoms with van der Waals surface area (Å²) >= 11 is 0. The van der Waals surface area contributed by atoms with E-state index in [1.165, 1.54) is 22.0 Å². The van der Waals surface area contributed by atoms with Gasteiger partial charge in [-0.2, -0.15) is 29.4 Å². The molecule has 0 radical (unpaired) electrons. The highest BCUT2D eigenvalue weighted by Crippen LogP contribution is 2.07. The molecule has 0 atom stereocenters. The van der Waals surface area contributed by atoms with E-state index in [1.807, 2.05) is 0 Å². The lowest BCUT2D eigenvalue weighted by atomic mass is 10.7. The lowest BCUT2D eigenvalue weighted by molar-refractivity contribution is 0.730. The highest BCUT2D eigenvalue weighted by atomic mass is 15.4. The van der Waals surface area contributed by atoms with Crippen molar-refractivity contribution < 1.29 is 0 Å². The van der Waals surface area contributed by atoms with Crippen LogP contribution in [0.4, 0.5) is 5.95 Å². The van der Waals surface area contributed by atoms with Gasteiger partial charge in [0.1, 0.15) is 24.3 Å². The van der Waals surface area contributed by atoms with Crippen LogP contribution in [0.3, 0.4) is 0 Å². The summed E-state index contributed by atoms with van der Waals surface area (Å²) in [6, 6.07) is 0. The standard InChI is InChI=1S/C9H10N10/c1-5-13-6(2)19(17-5)9-15-7(10)14-8(16-9)18-4-11-3-12-18/h3-4H,1-2H3,(H2,10,14,15,16). The third-order valence-corrected chi connectivity index (χ3v) is 2.32. The number of rotatable bonds is 2. The molecule has 96 valence electrons. The Kier molecular flexibility index (Phi) is 2.41. The Bertz CT molecular complexity index is 713. The molecule has 0 spiro atoms. The van der Waals surface area contributed by atoms with E-state index < -0.39 is 0 Å². The van der Waals surface area contributed by atoms with Crippen LogP contribution in [0, 0.1) is 13.8 Å². The SMILES string of the molecule is Cc1nc(C)n(-c2nc(N)nc(-n3cncn3)n2)n1. The fraction of sp³-hybridized carbons (Fsp3) is 0.222. The Hall–Kier alpha value is -2.91. The predicted molar refractivity (Wildman–Crippen MR) is 63.5 cm³/mol. The molecule has 0 unspecified atom stereocenters. The molecule has 0 bridgehead atoms. The van der Waals surface area contributed by atoms with Crippen LogP contribution in [0.2, 0.25) is 0 Å². The molecule has 3 rings (SSSR count). The highest BCUT2D eigenvalue weighted by molar-refractivity contribution is 5.28. The third-order valence-electron chi connectivity index (χ3n) is 2.32. The minimum absolute atomic E-state index is 0.0723. The summed E-state index contributed by atoms with van der Waals surface area (Å²) in [5.74, 6) is 1.91. The maximum atomic E-state index is 5.67. The van der Waals surface area contributed by atoms with Crippen LogP contribution in [0.25, 0.3) is 11.9 Å². The lowest BCUT2D eigenvalue weighted by Gasteiger charge is -2.04. The summed E-state index contributed by atoms with van der Waals surface area (Å²) in [4.78, 5) is 20.3. The number of aryl methyl sites for hydroxylation is 2. The van der Waals surface area contributed by atoms with Gasteiger partial charge in [-0.1, -0.05) is 0 Å². The van der Waals surface area contributed by atoms with E-state index in [9.17, 15) is 0 Å². The number of nitrogen functional groups attached to an aromatic ring is 1. The third kappa shape index (κ3) is 1.99. The number of nitrogens with two attached hydrogens (primary N) is 1. The van der Waals surface area contributed by atoms with Gasteiger partial charge in [0.2, 0.25) is 5.95 Å². The van der Waals surface area contributed by atoms with Gasteiger partial charge >= 0.3 is 0 Å². The van der Waals surface area contributed by atoms with E-state index in [-0.39, 0.29) is 17.8 Å². The van der Waals surface area contributed by atoms with Gasteiger partial charge in [0.15, 0.2) is 0 Å². The summed E-state index contributed by atoms with van der Waals surface area (Å²) in [5, 5.41) is 8.14. The van der Waals surface area contributed by atoms with Crippen molar-refractivity contribution in [2.45, 2.75) is 13.8 Å². The second kappa shape index (κ2) is 4.08. The number of anilines is 1. The topological polar surface area (TPSA) is 126 Å². The Morgan fingerprint density at radius 2 is 1.84 bits per heavy atom. The zero-order valence-electron chi connectivity index (χ0n) is 10.3. The molecule has 0 amide bonds. The Labute approximate surface area is 107 Å². The first kappa shape index (κ1) is 11.2. The molecule has 2 N–H and O–H groups in total. The maximum absolute atomic E-state index is 5.67. The summed E-state index contributed by atoms with van der Waals surface area (Å²) in [6.45, 7) is 3.58. The summed E-state index contributed by atoms with van der Waals surface area (Å²) < 4.78 is 2.88. The van der Waals surface area contributed by atoms with Crippen LogP contribution in [-0.2, 0) is 0 Å². The second-order valence-corrected chi connectivity index (χ2v) is 3.75. The van der Waals surface area contributed by atoms with Gasteiger partial charge in [-0.3, -0.25) is 0 Å². The molecule has 3 aromatic rings. The summed E-state index contributed by atoms with van der Waals surface area (Å²) in [5.41, 5.74) is 5.67. The normalized spacial score (nSPS) is 10.8. The van der Waals surface area contributed by atoms with Crippen molar-refractivity contribution in [3.8, 4) is 11.9 Å². The first-order chi connectivity index (χ1) is 9.13. The number of aromatic nitrogens is 9. The van der Waals surface area contributed by atoms with Crippen molar-refractivity contribution in [3.05, 3.63) is 24.3 Å². The molecule has 19 heavy (non-hydrogen) atoms. The molecular formula is C9H10N10. The zero-order valence-corrected chi connectivity index (χ0v) is 10.3. The monoisotopic (exact) mass is 258 g/mol. The van der Waals surface area contributed by atoms with E-state index in [4.69, 9.17) is 5.73 Å². The molecule has 0 fully saturated rings. The largest absolute Gasteiger partial charge is 0.368 e. The van der Waals surface area contributed by atoms with Crippen molar-refractivity contribution >= 4 is 5.95 Å². The average Bonchev–Trinajstić information content (AvgIpc) is 2.98. The molecule has 0 saturated heterocycles. The number of nitrogens with zero attached hydrogens (tertiary/aromatic N) is 9. The number of hydrogen-bond acceptors (Lipinski definition) is 8. The molecule has 0 aromatic carbocycles. The quantitative estimate of drug-likeness (QED) is 0.635. The fourth-order valence-corrected chi connectivity index (χ4v) is 1.59. The average molecular weight is 258 g/mol. The predicted octanol–water partition coefficient (Wildman–Crippen LogP) is -0.768. The summed E-state index contributed by atoms with van der Waals surface area (Å²) in [7, 11) is 0. The Morgan fingerprint density at radius 3 is 2.47 bits per heavy atom. The van der Waals surface area contributed by atoms with Crippen molar-refractivity contribution in [3.63, 3.8) is 0 Å². The molecule has 10 heteroatoms. The highest BCUT2D eigenvalue weighted by Gasteiger charge is 2.12. The molecule has 0 saturated carbocycles. The van der Waals surface area contributed by atoms with E-state index in [1.54, 1.807) is 13.8 Å². The molecule has 10 nitrogen and oxygen atoms in total. The molecule has 0 aliphatic rings. The van der Waals surface area contributed by atoms with Gasteiger partial charge in [0, 0.05) is 0 Å². The van der Waals surface area contributed by atoms with Gasteiger partial charge in [-0.15, -0.1) is 5.10 Å². The van der Waals surface area contributed by atoms with Crippen LogP contribution in [0.5, 0.6) is 0 Å². The van der Waals surface area contributed by atoms with E-state index in [0.29, 0.717) is 11.6 Å². The Balaban J connectivity index is 2.15. The van der Waals surface area contributed by atoms with E-state index in [2.05, 4.69) is 35.1 Å². The first-order valence-electron chi connectivity index (χ1n) is 5.40. The van der Waals surface area contributed by atoms with Gasteiger partial charge in [0.25, 0.3) is 11.9 Å². The molecule has 0 aliphatic carbocycles. The molecule has 0 aliphatic heterocycles. The van der Waals surface area contributed by atoms with Crippen LogP contribution < -0.4 is 5.73 Å². The van der Waals surface area contributed by atoms with Crippen LogP contribution in [-0.4, -0.2) is 44.5 Å². The minimum Gasteiger partial charge on any atom is -0.368 e. The van der Waals surface area contributed by atoms with E-state index in [0.717, 1.165) is 0 Å². The van der Waals surface area contributed by atoms with Crippen LogP contribution >= 0.6 is 0 Å². The lowest BCUT2D eigenvalue weighted by Crippen LogP contribution is -2.13. The second-order valence-electron chi connectivity index (χ2n) is 3.75. The fourth-order valence-electron chi connectivity index (χ4n) is 1.59. The molecule has 3 heterocycles. The van der Waals surface area contributed by atoms with Gasteiger partial charge in [-0.05, 0) is 13.8 Å². The smallest absolute Gasteiger partial charge is 0.258 e. The van der Waals surface area contributed by atoms with Crippen molar-refractivity contribution in [1.82, 2.24) is 44.5 Å². The van der Waals surface area contributed by atoms with Gasteiger partial charge in [0.05, 0.1) is 0 Å². The van der Waals surface area contributed by atoms with Gasteiger partial charge < -0.3 is 5.73 Å². The first-order valence-corrected chi connectivity index (χ1v) is 5.40. The maximum Gasteiger partial charge on any atom is 0.258 e. The van der Waals surface area contributed by atoms with Crippen molar-refractivity contribution in [2.75, 3.05) is 5.73 Å². The van der Waals surface area contributed by atoms with Crippen LogP contribution in [0.1, 0.15) is 11.6 Å². The minimum atomic E-state index is 0.0723. The summed E-state index contributed by atoms with van der Waals surface area (Å²) in [6.07, 6.45) is 2.85.